The van der Waals surface area contributed by atoms with Crippen molar-refractivity contribution in [2.75, 3.05) is 6.61 Å². The van der Waals surface area contributed by atoms with E-state index in [1.165, 1.54) is 11.1 Å². The molecule has 0 heterocycles. The minimum Gasteiger partial charge on any atom is -0.481 e. The van der Waals surface area contributed by atoms with E-state index in [0.29, 0.717) is 0 Å². The molecule has 2 aliphatic rings. The van der Waals surface area contributed by atoms with E-state index < -0.39 is 12.1 Å². The van der Waals surface area contributed by atoms with Crippen LogP contribution < -0.4 is 10.6 Å². The molecule has 3 N–H and O–H groups in total. The summed E-state index contributed by atoms with van der Waals surface area (Å²) in [7, 11) is 0. The lowest BCUT2D eigenvalue weighted by Gasteiger charge is -2.25. The number of benzene rings is 2. The van der Waals surface area contributed by atoms with Crippen molar-refractivity contribution in [3.8, 4) is 11.1 Å². The van der Waals surface area contributed by atoms with Gasteiger partial charge >= 0.3 is 12.1 Å². The van der Waals surface area contributed by atoms with E-state index in [4.69, 9.17) is 9.84 Å². The molecule has 35 heavy (non-hydrogen) atoms. The monoisotopic (exact) mass is 478 g/mol. The van der Waals surface area contributed by atoms with Crippen molar-refractivity contribution in [1.29, 1.82) is 0 Å². The molecule has 2 aliphatic carbocycles. The van der Waals surface area contributed by atoms with Gasteiger partial charge in [0.1, 0.15) is 6.61 Å². The van der Waals surface area contributed by atoms with E-state index in [0.717, 1.165) is 30.4 Å². The molecule has 0 radical (unpaired) electrons. The largest absolute Gasteiger partial charge is 0.481 e. The lowest BCUT2D eigenvalue weighted by Crippen LogP contribution is -2.45. The predicted molar refractivity (Wildman–Crippen MR) is 133 cm³/mol. The van der Waals surface area contributed by atoms with Gasteiger partial charge in [-0.2, -0.15) is 0 Å². The zero-order valence-corrected chi connectivity index (χ0v) is 20.3. The number of fused-ring (bicyclic) bond motifs is 3. The first-order chi connectivity index (χ1) is 16.8. The Labute approximate surface area is 206 Å². The third kappa shape index (κ3) is 5.84. The third-order valence-corrected chi connectivity index (χ3v) is 7.30. The topological polar surface area (TPSA) is 105 Å². The number of ether oxygens (including phenoxy) is 1. The molecule has 0 bridgehead atoms. The zero-order chi connectivity index (χ0) is 24.9. The Bertz CT molecular complexity index is 1040. The maximum absolute atomic E-state index is 12.7. The van der Waals surface area contributed by atoms with E-state index in [1.807, 2.05) is 38.1 Å². The number of aliphatic carboxylic acids is 1. The van der Waals surface area contributed by atoms with Gasteiger partial charge in [0.15, 0.2) is 0 Å². The van der Waals surface area contributed by atoms with E-state index in [9.17, 15) is 14.4 Å². The number of alkyl carbamates (subject to hydrolysis) is 1. The number of carbonyl (C=O) groups is 3. The number of carbonyl (C=O) groups excluding carboxylic acids is 2. The van der Waals surface area contributed by atoms with E-state index >= 15 is 0 Å². The minimum atomic E-state index is -0.840. The molecule has 7 heteroatoms. The molecule has 1 fully saturated rings. The molecule has 2 aromatic rings. The summed E-state index contributed by atoms with van der Waals surface area (Å²) in [5.74, 6) is -1.05. The number of nitrogens with one attached hydrogen (secondary N) is 2. The Balaban J connectivity index is 1.32. The van der Waals surface area contributed by atoms with Gasteiger partial charge in [0.2, 0.25) is 5.91 Å². The summed E-state index contributed by atoms with van der Waals surface area (Å²) in [6, 6.07) is 15.8. The van der Waals surface area contributed by atoms with Crippen molar-refractivity contribution in [3.63, 3.8) is 0 Å². The number of carboxylic acid groups (broad SMARTS) is 1. The SMILES string of the molecule is CC(C)[C@H](CC(=O)NC1CCCC1CC(=O)O)NC(=O)OCC1c2ccccc2-c2ccccc21. The summed E-state index contributed by atoms with van der Waals surface area (Å²) in [6.07, 6.45) is 2.16. The summed E-state index contributed by atoms with van der Waals surface area (Å²) in [5, 5.41) is 15.0. The molecular weight excluding hydrogens is 444 g/mol. The first kappa shape index (κ1) is 24.8. The van der Waals surface area contributed by atoms with Crippen LogP contribution in [0.3, 0.4) is 0 Å². The molecule has 4 rings (SSSR count). The lowest BCUT2D eigenvalue weighted by molar-refractivity contribution is -0.138. The number of rotatable bonds is 9. The standard InChI is InChI=1S/C28H34N2O5/c1-17(2)25(15-26(31)29-24-13-7-8-18(24)14-27(32)33)30-28(34)35-16-23-21-11-5-3-9-19(21)20-10-4-6-12-22(20)23/h3-6,9-12,17-18,23-25H,7-8,13-16H2,1-2H3,(H,29,31)(H,30,34)(H,32,33)/t18?,24?,25-/m0/s1. The zero-order valence-electron chi connectivity index (χ0n) is 20.3. The van der Waals surface area contributed by atoms with Crippen LogP contribution in [0.5, 0.6) is 0 Å². The van der Waals surface area contributed by atoms with Gasteiger partial charge in [-0.1, -0.05) is 68.8 Å². The van der Waals surface area contributed by atoms with Crippen LogP contribution in [0.1, 0.15) is 63.0 Å². The summed E-state index contributed by atoms with van der Waals surface area (Å²) in [6.45, 7) is 4.12. The van der Waals surface area contributed by atoms with Crippen molar-refractivity contribution in [2.24, 2.45) is 11.8 Å². The van der Waals surface area contributed by atoms with Crippen LogP contribution in [0, 0.1) is 11.8 Å². The first-order valence-corrected chi connectivity index (χ1v) is 12.5. The lowest BCUT2D eigenvalue weighted by atomic mass is 9.97. The van der Waals surface area contributed by atoms with E-state index in [2.05, 4.69) is 34.9 Å². The molecular formula is C28H34N2O5. The molecule has 3 atom stereocenters. The quantitative estimate of drug-likeness (QED) is 0.485. The van der Waals surface area contributed by atoms with Crippen LogP contribution in [0.4, 0.5) is 4.79 Å². The molecule has 2 aromatic carbocycles. The molecule has 2 unspecified atom stereocenters. The van der Waals surface area contributed by atoms with Gasteiger partial charge < -0.3 is 20.5 Å². The molecule has 186 valence electrons. The average molecular weight is 479 g/mol. The Morgan fingerprint density at radius 3 is 2.23 bits per heavy atom. The van der Waals surface area contributed by atoms with Gasteiger partial charge in [0.25, 0.3) is 0 Å². The van der Waals surface area contributed by atoms with Gasteiger partial charge in [-0.15, -0.1) is 0 Å². The van der Waals surface area contributed by atoms with Crippen molar-refractivity contribution < 1.29 is 24.2 Å². The number of carboxylic acids is 1. The van der Waals surface area contributed by atoms with Crippen LogP contribution in [0.2, 0.25) is 0 Å². The highest BCUT2D eigenvalue weighted by Gasteiger charge is 2.32. The van der Waals surface area contributed by atoms with Crippen molar-refractivity contribution in [1.82, 2.24) is 10.6 Å². The van der Waals surface area contributed by atoms with Crippen molar-refractivity contribution in [2.45, 2.75) is 64.0 Å². The summed E-state index contributed by atoms with van der Waals surface area (Å²) in [4.78, 5) is 36.5. The van der Waals surface area contributed by atoms with Gasteiger partial charge in [-0.3, -0.25) is 9.59 Å². The van der Waals surface area contributed by atoms with Gasteiger partial charge in [0, 0.05) is 24.4 Å². The Kier molecular flexibility index (Phi) is 7.73. The second-order valence-electron chi connectivity index (χ2n) is 9.99. The van der Waals surface area contributed by atoms with Gasteiger partial charge in [-0.25, -0.2) is 4.79 Å². The maximum Gasteiger partial charge on any atom is 0.407 e. The molecule has 0 spiro atoms. The van der Waals surface area contributed by atoms with E-state index in [1.54, 1.807) is 0 Å². The first-order valence-electron chi connectivity index (χ1n) is 12.5. The Morgan fingerprint density at radius 1 is 1.00 bits per heavy atom. The van der Waals surface area contributed by atoms with Crippen molar-refractivity contribution >= 4 is 18.0 Å². The predicted octanol–water partition coefficient (Wildman–Crippen LogP) is 4.70. The van der Waals surface area contributed by atoms with Crippen LogP contribution in [0.25, 0.3) is 11.1 Å². The van der Waals surface area contributed by atoms with Crippen molar-refractivity contribution in [3.05, 3.63) is 59.7 Å². The second-order valence-corrected chi connectivity index (χ2v) is 9.99. The van der Waals surface area contributed by atoms with Crippen LogP contribution in [0.15, 0.2) is 48.5 Å². The van der Waals surface area contributed by atoms with Crippen LogP contribution in [-0.4, -0.2) is 41.8 Å². The van der Waals surface area contributed by atoms with Gasteiger partial charge in [0.05, 0.1) is 6.42 Å². The second kappa shape index (κ2) is 10.9. The third-order valence-electron chi connectivity index (χ3n) is 7.30. The normalized spacial score (nSPS) is 19.6. The number of hydrogen-bond donors (Lipinski definition) is 3. The fourth-order valence-corrected chi connectivity index (χ4v) is 5.41. The fraction of sp³-hybridized carbons (Fsp3) is 0.464. The summed E-state index contributed by atoms with van der Waals surface area (Å²) in [5.41, 5.74) is 4.63. The van der Waals surface area contributed by atoms with Gasteiger partial charge in [-0.05, 0) is 46.9 Å². The Morgan fingerprint density at radius 2 is 1.63 bits per heavy atom. The maximum atomic E-state index is 12.7. The minimum absolute atomic E-state index is 0.0255. The smallest absolute Gasteiger partial charge is 0.407 e. The van der Waals surface area contributed by atoms with Crippen LogP contribution in [-0.2, 0) is 14.3 Å². The number of amides is 2. The summed E-state index contributed by atoms with van der Waals surface area (Å²) < 4.78 is 5.65. The highest BCUT2D eigenvalue weighted by molar-refractivity contribution is 5.80. The highest BCUT2D eigenvalue weighted by atomic mass is 16.5. The van der Waals surface area contributed by atoms with E-state index in [-0.39, 0.29) is 55.2 Å². The molecule has 1 saturated carbocycles. The number of hydrogen-bond acceptors (Lipinski definition) is 4. The molecule has 7 nitrogen and oxygen atoms in total. The average Bonchev–Trinajstić information content (AvgIpc) is 3.38. The molecule has 0 aromatic heterocycles. The summed E-state index contributed by atoms with van der Waals surface area (Å²) >= 11 is 0. The highest BCUT2D eigenvalue weighted by Crippen LogP contribution is 2.44. The molecule has 0 saturated heterocycles. The van der Waals surface area contributed by atoms with Crippen LogP contribution >= 0.6 is 0 Å². The fourth-order valence-electron chi connectivity index (χ4n) is 5.41. The molecule has 2 amide bonds. The Hall–Kier alpha value is -3.35. The molecule has 0 aliphatic heterocycles.